The second-order valence-electron chi connectivity index (χ2n) is 3.28. The number of nitrogens with zero attached hydrogens (tertiary/aromatic N) is 3. The normalized spacial score (nSPS) is 17.8. The van der Waals surface area contributed by atoms with Gasteiger partial charge in [-0.05, 0) is 7.05 Å². The smallest absolute Gasteiger partial charge is 0.123 e. The first-order valence-electron chi connectivity index (χ1n) is 4.23. The summed E-state index contributed by atoms with van der Waals surface area (Å²) in [6, 6.07) is 0. The van der Waals surface area contributed by atoms with Gasteiger partial charge in [-0.1, -0.05) is 0 Å². The fraction of sp³-hybridized carbons (Fsp3) is 0.625. The summed E-state index contributed by atoms with van der Waals surface area (Å²) in [4.78, 5) is 6.68. The van der Waals surface area contributed by atoms with E-state index in [1.165, 1.54) is 0 Å². The van der Waals surface area contributed by atoms with Crippen LogP contribution in [0.3, 0.4) is 0 Å². The number of fused-ring (bicyclic) bond motifs is 1. The minimum atomic E-state index is 0.545. The lowest BCUT2D eigenvalue weighted by Gasteiger charge is -2.22. The van der Waals surface area contributed by atoms with Crippen molar-refractivity contribution in [2.24, 2.45) is 5.73 Å². The third-order valence-electron chi connectivity index (χ3n) is 2.25. The molecule has 0 saturated heterocycles. The summed E-state index contributed by atoms with van der Waals surface area (Å²) < 4.78 is 2.20. The van der Waals surface area contributed by atoms with Crippen molar-refractivity contribution in [2.75, 3.05) is 13.6 Å². The Kier molecular flexibility index (Phi) is 1.86. The molecule has 0 aromatic carbocycles. The number of hydrogen-bond acceptors (Lipinski definition) is 3. The molecule has 2 heterocycles. The van der Waals surface area contributed by atoms with Crippen LogP contribution in [0.2, 0.25) is 0 Å². The molecule has 2 N–H and O–H groups in total. The molecule has 0 unspecified atom stereocenters. The summed E-state index contributed by atoms with van der Waals surface area (Å²) in [5.74, 6) is 1.14. The van der Waals surface area contributed by atoms with Gasteiger partial charge in [-0.2, -0.15) is 0 Å². The zero-order chi connectivity index (χ0) is 8.55. The third kappa shape index (κ3) is 1.23. The molecule has 1 aromatic heterocycles. The van der Waals surface area contributed by atoms with Crippen LogP contribution in [-0.2, 0) is 19.6 Å². The highest BCUT2D eigenvalue weighted by Gasteiger charge is 2.14. The van der Waals surface area contributed by atoms with Crippen LogP contribution in [0.5, 0.6) is 0 Å². The van der Waals surface area contributed by atoms with E-state index in [-0.39, 0.29) is 0 Å². The molecule has 0 bridgehead atoms. The lowest BCUT2D eigenvalue weighted by Crippen LogP contribution is -2.30. The van der Waals surface area contributed by atoms with E-state index in [4.69, 9.17) is 5.73 Å². The Morgan fingerprint density at radius 2 is 2.42 bits per heavy atom. The number of nitrogens with two attached hydrogens (primary N) is 1. The minimum Gasteiger partial charge on any atom is -0.332 e. The maximum Gasteiger partial charge on any atom is 0.123 e. The number of imidazole rings is 1. The van der Waals surface area contributed by atoms with Crippen LogP contribution >= 0.6 is 0 Å². The molecule has 1 aliphatic rings. The van der Waals surface area contributed by atoms with Crippen LogP contribution < -0.4 is 5.73 Å². The van der Waals surface area contributed by atoms with E-state index in [0.717, 1.165) is 31.2 Å². The van der Waals surface area contributed by atoms with Crippen LogP contribution in [-0.4, -0.2) is 28.0 Å². The molecule has 1 aromatic rings. The molecule has 4 heteroatoms. The lowest BCUT2D eigenvalue weighted by molar-refractivity contribution is 0.264. The largest absolute Gasteiger partial charge is 0.332 e. The van der Waals surface area contributed by atoms with Crippen LogP contribution in [0.1, 0.15) is 11.5 Å². The second kappa shape index (κ2) is 2.88. The molecular weight excluding hydrogens is 152 g/mol. The quantitative estimate of drug-likeness (QED) is 0.628. The Balaban J connectivity index is 2.28. The average Bonchev–Trinajstić information content (AvgIpc) is 2.46. The molecule has 0 amide bonds. The van der Waals surface area contributed by atoms with Crippen molar-refractivity contribution in [2.45, 2.75) is 19.6 Å². The molecule has 1 aliphatic heterocycles. The molecule has 2 rings (SSSR count). The first kappa shape index (κ1) is 7.76. The van der Waals surface area contributed by atoms with Gasteiger partial charge in [0.2, 0.25) is 0 Å². The molecule has 0 spiro atoms. The van der Waals surface area contributed by atoms with E-state index in [1.807, 2.05) is 0 Å². The summed E-state index contributed by atoms with van der Waals surface area (Å²) in [6.45, 7) is 3.63. The predicted octanol–water partition coefficient (Wildman–Crippen LogP) is -0.213. The second-order valence-corrected chi connectivity index (χ2v) is 3.28. The topological polar surface area (TPSA) is 47.1 Å². The molecule has 0 atom stereocenters. The number of hydrogen-bond donors (Lipinski definition) is 1. The van der Waals surface area contributed by atoms with Gasteiger partial charge < -0.3 is 10.3 Å². The van der Waals surface area contributed by atoms with Crippen LogP contribution in [0.4, 0.5) is 0 Å². The van der Waals surface area contributed by atoms with Gasteiger partial charge in [0.15, 0.2) is 0 Å². The molecule has 12 heavy (non-hydrogen) atoms. The summed E-state index contributed by atoms with van der Waals surface area (Å²) >= 11 is 0. The van der Waals surface area contributed by atoms with Crippen molar-refractivity contribution in [1.29, 1.82) is 0 Å². The highest BCUT2D eigenvalue weighted by molar-refractivity contribution is 5.05. The zero-order valence-electron chi connectivity index (χ0n) is 7.32. The fourth-order valence-corrected chi connectivity index (χ4v) is 1.53. The van der Waals surface area contributed by atoms with E-state index in [9.17, 15) is 0 Å². The van der Waals surface area contributed by atoms with Gasteiger partial charge in [0.25, 0.3) is 0 Å². The zero-order valence-corrected chi connectivity index (χ0v) is 7.32. The standard InChI is InChI=1S/C8H14N4/c1-11-2-3-12-5-7(4-9)10-8(12)6-11/h5H,2-4,6,9H2,1H3. The van der Waals surface area contributed by atoms with Crippen molar-refractivity contribution in [1.82, 2.24) is 14.5 Å². The highest BCUT2D eigenvalue weighted by atomic mass is 15.2. The summed E-state index contributed by atoms with van der Waals surface area (Å²) in [5, 5.41) is 0. The Labute approximate surface area is 72.0 Å². The summed E-state index contributed by atoms with van der Waals surface area (Å²) in [6.07, 6.45) is 2.06. The molecule has 4 nitrogen and oxygen atoms in total. The number of rotatable bonds is 1. The predicted molar refractivity (Wildman–Crippen MR) is 46.5 cm³/mol. The van der Waals surface area contributed by atoms with Crippen molar-refractivity contribution in [3.63, 3.8) is 0 Å². The fourth-order valence-electron chi connectivity index (χ4n) is 1.53. The summed E-state index contributed by atoms with van der Waals surface area (Å²) in [5.41, 5.74) is 6.51. The first-order chi connectivity index (χ1) is 5.79. The maximum atomic E-state index is 5.51. The van der Waals surface area contributed by atoms with Gasteiger partial charge in [-0.15, -0.1) is 0 Å². The van der Waals surface area contributed by atoms with Crippen LogP contribution in [0.25, 0.3) is 0 Å². The molecule has 66 valence electrons. The van der Waals surface area contributed by atoms with Gasteiger partial charge in [-0.25, -0.2) is 4.98 Å². The lowest BCUT2D eigenvalue weighted by atomic mass is 10.4. The third-order valence-corrected chi connectivity index (χ3v) is 2.25. The van der Waals surface area contributed by atoms with Gasteiger partial charge >= 0.3 is 0 Å². The van der Waals surface area contributed by atoms with E-state index in [1.54, 1.807) is 0 Å². The number of likely N-dealkylation sites (N-methyl/N-ethyl adjacent to an activating group) is 1. The van der Waals surface area contributed by atoms with Gasteiger partial charge in [-0.3, -0.25) is 4.90 Å². The first-order valence-corrected chi connectivity index (χ1v) is 4.23. The van der Waals surface area contributed by atoms with E-state index < -0.39 is 0 Å². The molecule has 0 fully saturated rings. The van der Waals surface area contributed by atoms with Crippen molar-refractivity contribution >= 4 is 0 Å². The van der Waals surface area contributed by atoms with E-state index in [2.05, 4.69) is 27.7 Å². The molecule has 0 aliphatic carbocycles. The number of aromatic nitrogens is 2. The van der Waals surface area contributed by atoms with Crippen molar-refractivity contribution in [3.8, 4) is 0 Å². The van der Waals surface area contributed by atoms with Crippen molar-refractivity contribution < 1.29 is 0 Å². The Hall–Kier alpha value is -0.870. The van der Waals surface area contributed by atoms with E-state index >= 15 is 0 Å². The van der Waals surface area contributed by atoms with Gasteiger partial charge in [0, 0.05) is 25.8 Å². The minimum absolute atomic E-state index is 0.545. The molecule has 0 radical (unpaired) electrons. The average molecular weight is 166 g/mol. The molecule has 0 saturated carbocycles. The van der Waals surface area contributed by atoms with Gasteiger partial charge in [0.1, 0.15) is 5.82 Å². The Morgan fingerprint density at radius 3 is 3.17 bits per heavy atom. The van der Waals surface area contributed by atoms with Gasteiger partial charge in [0.05, 0.1) is 12.2 Å². The van der Waals surface area contributed by atoms with Crippen LogP contribution in [0, 0.1) is 0 Å². The SMILES string of the molecule is CN1CCn2cc(CN)nc2C1. The van der Waals surface area contributed by atoms with Crippen molar-refractivity contribution in [3.05, 3.63) is 17.7 Å². The monoisotopic (exact) mass is 166 g/mol. The van der Waals surface area contributed by atoms with Crippen LogP contribution in [0.15, 0.2) is 6.20 Å². The Morgan fingerprint density at radius 1 is 1.58 bits per heavy atom. The van der Waals surface area contributed by atoms with E-state index in [0.29, 0.717) is 6.54 Å². The highest BCUT2D eigenvalue weighted by Crippen LogP contribution is 2.10. The Bertz CT molecular complexity index is 279. The molecular formula is C8H14N4. The maximum absolute atomic E-state index is 5.51. The summed E-state index contributed by atoms with van der Waals surface area (Å²) in [7, 11) is 2.11.